The molecule has 2 aromatic rings. The number of carbonyl (C=O) groups excluding carboxylic acids is 1. The van der Waals surface area contributed by atoms with Crippen LogP contribution in [-0.4, -0.2) is 60.2 Å². The van der Waals surface area contributed by atoms with Crippen LogP contribution in [-0.2, 0) is 4.79 Å². The lowest BCUT2D eigenvalue weighted by Crippen LogP contribution is -2.41. The minimum atomic E-state index is -1.05. The molecule has 0 unspecified atom stereocenters. The van der Waals surface area contributed by atoms with Gasteiger partial charge in [0.25, 0.3) is 0 Å². The van der Waals surface area contributed by atoms with Crippen molar-refractivity contribution in [2.45, 2.75) is 19.3 Å². The largest absolute Gasteiger partial charge is 0.465 e. The number of hydrogen-bond donors (Lipinski definition) is 2. The SMILES string of the molecule is CNC(=O)CN(CCC1CCN(c2nccc3ccccc23)CC1)C(=O)O. The molecule has 0 bridgehead atoms. The lowest BCUT2D eigenvalue weighted by Gasteiger charge is -2.34. The fourth-order valence-electron chi connectivity index (χ4n) is 3.62. The van der Waals surface area contributed by atoms with E-state index in [0.29, 0.717) is 12.5 Å². The van der Waals surface area contributed by atoms with Crippen molar-refractivity contribution in [3.8, 4) is 0 Å². The summed E-state index contributed by atoms with van der Waals surface area (Å²) in [5.74, 6) is 1.20. The van der Waals surface area contributed by atoms with Crippen LogP contribution in [0.1, 0.15) is 19.3 Å². The third-order valence-electron chi connectivity index (χ3n) is 5.26. The summed E-state index contributed by atoms with van der Waals surface area (Å²) in [5.41, 5.74) is 0. The molecule has 1 saturated heterocycles. The Morgan fingerprint density at radius 2 is 2.00 bits per heavy atom. The van der Waals surface area contributed by atoms with Crippen LogP contribution < -0.4 is 10.2 Å². The molecule has 0 saturated carbocycles. The Labute approximate surface area is 159 Å². The van der Waals surface area contributed by atoms with Gasteiger partial charge in [0.05, 0.1) is 0 Å². The Balaban J connectivity index is 1.55. The normalized spacial score (nSPS) is 14.9. The minimum Gasteiger partial charge on any atom is -0.465 e. The van der Waals surface area contributed by atoms with E-state index in [0.717, 1.165) is 38.2 Å². The van der Waals surface area contributed by atoms with Gasteiger partial charge in [0, 0.05) is 38.3 Å². The molecule has 0 spiro atoms. The summed E-state index contributed by atoms with van der Waals surface area (Å²) in [5, 5.41) is 14.1. The second kappa shape index (κ2) is 8.70. The molecule has 27 heavy (non-hydrogen) atoms. The number of pyridine rings is 1. The topological polar surface area (TPSA) is 85.8 Å². The molecule has 1 aliphatic rings. The van der Waals surface area contributed by atoms with Gasteiger partial charge in [-0.25, -0.2) is 9.78 Å². The van der Waals surface area contributed by atoms with Gasteiger partial charge in [-0.1, -0.05) is 24.3 Å². The van der Waals surface area contributed by atoms with Gasteiger partial charge in [-0.2, -0.15) is 0 Å². The third kappa shape index (κ3) is 4.67. The average molecular weight is 370 g/mol. The Morgan fingerprint density at radius 3 is 2.70 bits per heavy atom. The van der Waals surface area contributed by atoms with Crippen molar-refractivity contribution in [2.24, 2.45) is 5.92 Å². The number of amides is 2. The summed E-state index contributed by atoms with van der Waals surface area (Å²) < 4.78 is 0. The van der Waals surface area contributed by atoms with Gasteiger partial charge in [-0.15, -0.1) is 0 Å². The lowest BCUT2D eigenvalue weighted by molar-refractivity contribution is -0.121. The number of fused-ring (bicyclic) bond motifs is 1. The number of aromatic nitrogens is 1. The molecule has 7 heteroatoms. The number of nitrogens with one attached hydrogen (secondary N) is 1. The van der Waals surface area contributed by atoms with Crippen LogP contribution in [0.2, 0.25) is 0 Å². The molecule has 1 fully saturated rings. The quantitative estimate of drug-likeness (QED) is 0.816. The van der Waals surface area contributed by atoms with Crippen LogP contribution in [0.4, 0.5) is 10.6 Å². The number of benzene rings is 1. The predicted octanol–water partition coefficient (Wildman–Crippen LogP) is 2.57. The first-order valence-corrected chi connectivity index (χ1v) is 9.35. The van der Waals surface area contributed by atoms with Crippen molar-refractivity contribution in [3.63, 3.8) is 0 Å². The highest BCUT2D eigenvalue weighted by atomic mass is 16.4. The van der Waals surface area contributed by atoms with Gasteiger partial charge in [0.15, 0.2) is 0 Å². The summed E-state index contributed by atoms with van der Waals surface area (Å²) >= 11 is 0. The van der Waals surface area contributed by atoms with Crippen molar-refractivity contribution in [1.29, 1.82) is 0 Å². The maximum Gasteiger partial charge on any atom is 0.407 e. The van der Waals surface area contributed by atoms with Crippen LogP contribution in [0.15, 0.2) is 36.5 Å². The van der Waals surface area contributed by atoms with E-state index in [1.54, 1.807) is 0 Å². The van der Waals surface area contributed by atoms with Gasteiger partial charge in [0.2, 0.25) is 5.91 Å². The number of carbonyl (C=O) groups is 2. The first-order valence-electron chi connectivity index (χ1n) is 9.35. The Kier molecular flexibility index (Phi) is 6.11. The molecule has 2 amide bonds. The second-order valence-corrected chi connectivity index (χ2v) is 6.95. The predicted molar refractivity (Wildman–Crippen MR) is 105 cm³/mol. The molecule has 2 N–H and O–H groups in total. The van der Waals surface area contributed by atoms with Gasteiger partial charge >= 0.3 is 6.09 Å². The fourth-order valence-corrected chi connectivity index (χ4v) is 3.62. The number of nitrogens with zero attached hydrogens (tertiary/aromatic N) is 3. The first kappa shape index (κ1) is 18.9. The summed E-state index contributed by atoms with van der Waals surface area (Å²) in [7, 11) is 1.51. The molecule has 1 aromatic heterocycles. The number of likely N-dealkylation sites (N-methyl/N-ethyl adjacent to an activating group) is 1. The van der Waals surface area contributed by atoms with Crippen molar-refractivity contribution < 1.29 is 14.7 Å². The summed E-state index contributed by atoms with van der Waals surface area (Å²) in [6.45, 7) is 2.10. The molecule has 0 aliphatic carbocycles. The monoisotopic (exact) mass is 370 g/mol. The number of carboxylic acid groups (broad SMARTS) is 1. The zero-order valence-corrected chi connectivity index (χ0v) is 15.6. The highest BCUT2D eigenvalue weighted by molar-refractivity contribution is 5.92. The van der Waals surface area contributed by atoms with E-state index < -0.39 is 6.09 Å². The molecule has 0 radical (unpaired) electrons. The molecular weight excluding hydrogens is 344 g/mol. The van der Waals surface area contributed by atoms with Crippen molar-refractivity contribution in [2.75, 3.05) is 38.1 Å². The number of rotatable bonds is 6. The molecule has 3 rings (SSSR count). The zero-order chi connectivity index (χ0) is 19.2. The Bertz CT molecular complexity index is 797. The summed E-state index contributed by atoms with van der Waals surface area (Å²) in [4.78, 5) is 30.9. The van der Waals surface area contributed by atoms with Gasteiger partial charge in [0.1, 0.15) is 12.4 Å². The Hall–Kier alpha value is -2.83. The van der Waals surface area contributed by atoms with Crippen LogP contribution in [0, 0.1) is 5.92 Å². The van der Waals surface area contributed by atoms with Gasteiger partial charge in [-0.05, 0) is 36.6 Å². The molecule has 1 aliphatic heterocycles. The number of hydrogen-bond acceptors (Lipinski definition) is 4. The fraction of sp³-hybridized carbons (Fsp3) is 0.450. The lowest BCUT2D eigenvalue weighted by atomic mass is 9.93. The highest BCUT2D eigenvalue weighted by Gasteiger charge is 2.23. The molecule has 144 valence electrons. The van der Waals surface area contributed by atoms with Crippen LogP contribution in [0.3, 0.4) is 0 Å². The molecule has 0 atom stereocenters. The second-order valence-electron chi connectivity index (χ2n) is 6.95. The van der Waals surface area contributed by atoms with E-state index in [4.69, 9.17) is 0 Å². The third-order valence-corrected chi connectivity index (χ3v) is 5.26. The van der Waals surface area contributed by atoms with Crippen LogP contribution in [0.5, 0.6) is 0 Å². The van der Waals surface area contributed by atoms with Crippen LogP contribution >= 0.6 is 0 Å². The van der Waals surface area contributed by atoms with Gasteiger partial charge in [-0.3, -0.25) is 9.69 Å². The van der Waals surface area contributed by atoms with E-state index in [1.807, 2.05) is 24.4 Å². The average Bonchev–Trinajstić information content (AvgIpc) is 2.70. The van der Waals surface area contributed by atoms with Gasteiger partial charge < -0.3 is 15.3 Å². The molecule has 1 aromatic carbocycles. The zero-order valence-electron chi connectivity index (χ0n) is 15.6. The maximum absolute atomic E-state index is 11.5. The molecular formula is C20H26N4O3. The van der Waals surface area contributed by atoms with Crippen molar-refractivity contribution >= 4 is 28.6 Å². The summed E-state index contributed by atoms with van der Waals surface area (Å²) in [6, 6.07) is 10.3. The van der Waals surface area contributed by atoms with E-state index >= 15 is 0 Å². The van der Waals surface area contributed by atoms with E-state index in [1.165, 1.54) is 22.7 Å². The number of piperidine rings is 1. The minimum absolute atomic E-state index is 0.107. The van der Waals surface area contributed by atoms with Crippen LogP contribution in [0.25, 0.3) is 10.8 Å². The first-order chi connectivity index (χ1) is 13.1. The molecule has 7 nitrogen and oxygen atoms in total. The van der Waals surface area contributed by atoms with E-state index in [2.05, 4.69) is 27.3 Å². The molecule has 2 heterocycles. The Morgan fingerprint density at radius 1 is 1.26 bits per heavy atom. The van der Waals surface area contributed by atoms with Crippen molar-refractivity contribution in [1.82, 2.24) is 15.2 Å². The smallest absolute Gasteiger partial charge is 0.407 e. The number of anilines is 1. The van der Waals surface area contributed by atoms with E-state index in [9.17, 15) is 14.7 Å². The van der Waals surface area contributed by atoms with E-state index in [-0.39, 0.29) is 12.5 Å². The standard InChI is InChI=1S/C20H26N4O3/c1-21-18(25)14-24(20(26)27)13-9-15-7-11-23(12-8-15)19-17-5-3-2-4-16(17)6-10-22-19/h2-6,10,15H,7-9,11-14H2,1H3,(H,21,25)(H,26,27). The summed E-state index contributed by atoms with van der Waals surface area (Å²) in [6.07, 6.45) is 3.58. The maximum atomic E-state index is 11.5. The van der Waals surface area contributed by atoms with Crippen molar-refractivity contribution in [3.05, 3.63) is 36.5 Å². The highest BCUT2D eigenvalue weighted by Crippen LogP contribution is 2.29.